The van der Waals surface area contributed by atoms with Gasteiger partial charge in [0.25, 0.3) is 5.76 Å². The zero-order chi connectivity index (χ0) is 22.3. The molecule has 1 heterocycles. The van der Waals surface area contributed by atoms with Crippen LogP contribution in [0, 0.1) is 5.41 Å². The van der Waals surface area contributed by atoms with Crippen LogP contribution in [0.4, 0.5) is 13.2 Å². The summed E-state index contributed by atoms with van der Waals surface area (Å²) in [5.41, 5.74) is -2.22. The molecule has 0 radical (unpaired) electrons. The number of hydrogen-bond donors (Lipinski definition) is 0. The molecule has 0 fully saturated rings. The summed E-state index contributed by atoms with van der Waals surface area (Å²) in [6.07, 6.45) is -5.00. The Labute approximate surface area is 177 Å². The molecule has 0 atom stereocenters. The van der Waals surface area contributed by atoms with E-state index in [-0.39, 0.29) is 22.5 Å². The molecule has 0 aliphatic rings. The third kappa shape index (κ3) is 4.51. The molecule has 3 rings (SSSR count). The Morgan fingerprint density at radius 2 is 1.73 bits per heavy atom. The number of alkyl halides is 3. The molecule has 1 aromatic heterocycles. The van der Waals surface area contributed by atoms with E-state index < -0.39 is 34.5 Å². The first-order valence-corrected chi connectivity index (χ1v) is 9.50. The van der Waals surface area contributed by atoms with E-state index in [2.05, 4.69) is 15.9 Å². The molecule has 0 saturated carbocycles. The van der Waals surface area contributed by atoms with Crippen molar-refractivity contribution in [2.75, 3.05) is 0 Å². The summed E-state index contributed by atoms with van der Waals surface area (Å²) in [5.74, 6) is -3.19. The topological polar surface area (TPSA) is 65.7 Å². The fraction of sp³-hybridized carbons (Fsp3) is 0.238. The van der Waals surface area contributed by atoms with Crippen molar-refractivity contribution in [2.45, 2.75) is 26.9 Å². The highest BCUT2D eigenvalue weighted by Crippen LogP contribution is 2.40. The van der Waals surface area contributed by atoms with E-state index in [1.54, 1.807) is 39.0 Å². The van der Waals surface area contributed by atoms with E-state index in [1.165, 1.54) is 18.2 Å². The summed E-state index contributed by atoms with van der Waals surface area (Å²) in [7, 11) is 0. The van der Waals surface area contributed by atoms with E-state index in [1.807, 2.05) is 0 Å². The van der Waals surface area contributed by atoms with E-state index in [0.717, 1.165) is 6.07 Å². The van der Waals surface area contributed by atoms with Crippen molar-refractivity contribution in [3.8, 4) is 17.2 Å². The molecule has 0 amide bonds. The van der Waals surface area contributed by atoms with Crippen LogP contribution in [-0.4, -0.2) is 5.97 Å². The molecule has 0 aliphatic heterocycles. The highest BCUT2D eigenvalue weighted by atomic mass is 79.9. The Balaban J connectivity index is 2.15. The highest BCUT2D eigenvalue weighted by molar-refractivity contribution is 9.10. The van der Waals surface area contributed by atoms with Gasteiger partial charge in [-0.15, -0.1) is 0 Å². The Bertz CT molecular complexity index is 1180. The van der Waals surface area contributed by atoms with Crippen LogP contribution in [0.5, 0.6) is 17.2 Å². The van der Waals surface area contributed by atoms with Gasteiger partial charge in [-0.2, -0.15) is 13.2 Å². The number of para-hydroxylation sites is 1. The molecule has 0 spiro atoms. The first-order chi connectivity index (χ1) is 13.9. The number of benzene rings is 2. The maximum Gasteiger partial charge on any atom is 0.453 e. The highest BCUT2D eigenvalue weighted by Gasteiger charge is 2.40. The van der Waals surface area contributed by atoms with Gasteiger partial charge in [-0.05, 0) is 61.0 Å². The number of carbonyl (C=O) groups is 1. The molecule has 3 aromatic rings. The normalized spacial score (nSPS) is 12.1. The molecular weight excluding hydrogens is 469 g/mol. The third-order valence-electron chi connectivity index (χ3n) is 3.95. The predicted molar refractivity (Wildman–Crippen MR) is 107 cm³/mol. The van der Waals surface area contributed by atoms with Crippen LogP contribution in [0.15, 0.2) is 56.1 Å². The first-order valence-electron chi connectivity index (χ1n) is 8.70. The maximum atomic E-state index is 13.6. The zero-order valence-corrected chi connectivity index (χ0v) is 17.7. The molecule has 0 bridgehead atoms. The average molecular weight is 485 g/mol. The molecule has 5 nitrogen and oxygen atoms in total. The van der Waals surface area contributed by atoms with Gasteiger partial charge in [-0.1, -0.05) is 12.1 Å². The molecule has 158 valence electrons. The monoisotopic (exact) mass is 484 g/mol. The molecule has 2 aromatic carbocycles. The minimum Gasteiger partial charge on any atom is -0.448 e. The predicted octanol–water partition coefficient (Wildman–Crippen LogP) is 6.32. The fourth-order valence-corrected chi connectivity index (χ4v) is 2.76. The first kappa shape index (κ1) is 21.9. The largest absolute Gasteiger partial charge is 0.453 e. The maximum absolute atomic E-state index is 13.6. The van der Waals surface area contributed by atoms with Crippen molar-refractivity contribution in [3.05, 3.63) is 62.9 Å². The van der Waals surface area contributed by atoms with Crippen molar-refractivity contribution in [1.82, 2.24) is 0 Å². The van der Waals surface area contributed by atoms with Gasteiger partial charge in [0.2, 0.25) is 11.2 Å². The number of rotatable bonds is 3. The Hall–Kier alpha value is -2.81. The Kier molecular flexibility index (Phi) is 5.68. The van der Waals surface area contributed by atoms with Gasteiger partial charge in [0.1, 0.15) is 17.1 Å². The number of fused-ring (bicyclic) bond motifs is 1. The number of esters is 1. The summed E-state index contributed by atoms with van der Waals surface area (Å²) < 4.78 is 56.7. The number of halogens is 4. The SMILES string of the molecule is CC(C)(C)C(=O)Oc1ccc2c(=O)c(Oc3ccccc3Br)c(C(F)(F)F)oc2c1. The smallest absolute Gasteiger partial charge is 0.448 e. The summed E-state index contributed by atoms with van der Waals surface area (Å²) in [4.78, 5) is 24.8. The van der Waals surface area contributed by atoms with Gasteiger partial charge >= 0.3 is 12.1 Å². The lowest BCUT2D eigenvalue weighted by Gasteiger charge is -2.17. The van der Waals surface area contributed by atoms with Crippen LogP contribution in [0.2, 0.25) is 0 Å². The summed E-state index contributed by atoms with van der Waals surface area (Å²) in [5, 5.41) is -0.152. The fourth-order valence-electron chi connectivity index (χ4n) is 2.40. The van der Waals surface area contributed by atoms with Crippen molar-refractivity contribution in [3.63, 3.8) is 0 Å². The van der Waals surface area contributed by atoms with E-state index in [9.17, 15) is 22.8 Å². The summed E-state index contributed by atoms with van der Waals surface area (Å²) >= 11 is 3.16. The van der Waals surface area contributed by atoms with Crippen LogP contribution in [0.3, 0.4) is 0 Å². The summed E-state index contributed by atoms with van der Waals surface area (Å²) in [6, 6.07) is 9.75. The number of carbonyl (C=O) groups excluding carboxylic acids is 1. The summed E-state index contributed by atoms with van der Waals surface area (Å²) in [6.45, 7) is 4.89. The van der Waals surface area contributed by atoms with E-state index in [4.69, 9.17) is 13.9 Å². The zero-order valence-electron chi connectivity index (χ0n) is 16.1. The molecule has 0 unspecified atom stereocenters. The second-order valence-corrected chi connectivity index (χ2v) is 8.27. The lowest BCUT2D eigenvalue weighted by atomic mass is 9.97. The van der Waals surface area contributed by atoms with Gasteiger partial charge in [0.15, 0.2) is 0 Å². The van der Waals surface area contributed by atoms with Crippen LogP contribution in [-0.2, 0) is 11.0 Å². The van der Waals surface area contributed by atoms with E-state index >= 15 is 0 Å². The van der Waals surface area contributed by atoms with Gasteiger partial charge in [-0.25, -0.2) is 0 Å². The second kappa shape index (κ2) is 7.79. The minimum atomic E-state index is -5.00. The molecule has 0 N–H and O–H groups in total. The van der Waals surface area contributed by atoms with Crippen molar-refractivity contribution in [1.29, 1.82) is 0 Å². The molecular formula is C21H16BrF3O5. The quantitative estimate of drug-likeness (QED) is 0.321. The van der Waals surface area contributed by atoms with E-state index in [0.29, 0.717) is 4.47 Å². The van der Waals surface area contributed by atoms with Crippen LogP contribution in [0.1, 0.15) is 26.5 Å². The van der Waals surface area contributed by atoms with Crippen molar-refractivity contribution >= 4 is 32.9 Å². The lowest BCUT2D eigenvalue weighted by molar-refractivity contribution is -0.154. The van der Waals surface area contributed by atoms with Crippen molar-refractivity contribution in [2.24, 2.45) is 5.41 Å². The molecule has 30 heavy (non-hydrogen) atoms. The van der Waals surface area contributed by atoms with Gasteiger partial charge < -0.3 is 13.9 Å². The number of ether oxygens (including phenoxy) is 2. The van der Waals surface area contributed by atoms with Gasteiger partial charge in [0, 0.05) is 6.07 Å². The van der Waals surface area contributed by atoms with Crippen LogP contribution >= 0.6 is 15.9 Å². The standard InChI is InChI=1S/C21H16BrF3O5/c1-20(2,3)19(27)28-11-8-9-12-15(10-11)30-18(21(23,24)25)17(16(12)26)29-14-7-5-4-6-13(14)22/h4-10H,1-3H3. The molecule has 0 saturated heterocycles. The average Bonchev–Trinajstić information content (AvgIpc) is 2.63. The van der Waals surface area contributed by atoms with Crippen LogP contribution in [0.25, 0.3) is 11.0 Å². The second-order valence-electron chi connectivity index (χ2n) is 7.42. The Morgan fingerprint density at radius 1 is 1.07 bits per heavy atom. The molecule has 0 aliphatic carbocycles. The van der Waals surface area contributed by atoms with Gasteiger partial charge in [0.05, 0.1) is 15.3 Å². The van der Waals surface area contributed by atoms with Crippen molar-refractivity contribution < 1.29 is 31.9 Å². The van der Waals surface area contributed by atoms with Gasteiger partial charge in [-0.3, -0.25) is 9.59 Å². The Morgan fingerprint density at radius 3 is 2.33 bits per heavy atom. The molecule has 9 heteroatoms. The minimum absolute atomic E-state index is 0.0189. The third-order valence-corrected chi connectivity index (χ3v) is 4.61. The number of hydrogen-bond acceptors (Lipinski definition) is 5. The lowest BCUT2D eigenvalue weighted by Crippen LogP contribution is -2.25. The van der Waals surface area contributed by atoms with Crippen LogP contribution < -0.4 is 14.9 Å².